The lowest BCUT2D eigenvalue weighted by molar-refractivity contribution is -0.121. The van der Waals surface area contributed by atoms with Gasteiger partial charge in [-0.25, -0.2) is 0 Å². The van der Waals surface area contributed by atoms with Gasteiger partial charge in [-0.2, -0.15) is 0 Å². The lowest BCUT2D eigenvalue weighted by Gasteiger charge is -2.25. The summed E-state index contributed by atoms with van der Waals surface area (Å²) < 4.78 is 0. The summed E-state index contributed by atoms with van der Waals surface area (Å²) in [6.07, 6.45) is 4.86. The van der Waals surface area contributed by atoms with Crippen molar-refractivity contribution in [3.8, 4) is 0 Å². The number of aliphatic hydroxyl groups excluding tert-OH is 1. The molecule has 0 spiro atoms. The van der Waals surface area contributed by atoms with Gasteiger partial charge in [0.15, 0.2) is 0 Å². The summed E-state index contributed by atoms with van der Waals surface area (Å²) >= 11 is 0. The van der Waals surface area contributed by atoms with Crippen LogP contribution >= 0.6 is 0 Å². The molecule has 0 heterocycles. The van der Waals surface area contributed by atoms with E-state index in [0.29, 0.717) is 18.8 Å². The normalized spacial score (nSPS) is 25.6. The van der Waals surface area contributed by atoms with Gasteiger partial charge >= 0.3 is 0 Å². The first-order valence-corrected chi connectivity index (χ1v) is 6.60. The third-order valence-corrected chi connectivity index (χ3v) is 3.40. The summed E-state index contributed by atoms with van der Waals surface area (Å²) in [7, 11) is 0. The summed E-state index contributed by atoms with van der Waals surface area (Å²) in [4.78, 5) is 11.6. The maximum atomic E-state index is 11.6. The van der Waals surface area contributed by atoms with Gasteiger partial charge in [0.05, 0.1) is 6.10 Å². The summed E-state index contributed by atoms with van der Waals surface area (Å²) in [5.41, 5.74) is 5.56. The molecule has 1 aliphatic rings. The van der Waals surface area contributed by atoms with Crippen LogP contribution in [0.25, 0.3) is 0 Å². The van der Waals surface area contributed by atoms with E-state index in [9.17, 15) is 9.90 Å². The van der Waals surface area contributed by atoms with Crippen LogP contribution in [-0.2, 0) is 4.79 Å². The molecule has 0 aromatic carbocycles. The van der Waals surface area contributed by atoms with Crippen molar-refractivity contribution >= 4 is 5.91 Å². The lowest BCUT2D eigenvalue weighted by atomic mass is 9.87. The highest BCUT2D eigenvalue weighted by atomic mass is 16.3. The van der Waals surface area contributed by atoms with Gasteiger partial charge in [-0.15, -0.1) is 0 Å². The Labute approximate surface area is 104 Å². The Balaban J connectivity index is 2.11. The SMILES string of the molecule is CC(C)(N)CCC(=O)NCC1CCC(O)CC1. The zero-order valence-electron chi connectivity index (χ0n) is 11.0. The molecule has 1 aliphatic carbocycles. The van der Waals surface area contributed by atoms with Crippen LogP contribution in [0.15, 0.2) is 0 Å². The predicted molar refractivity (Wildman–Crippen MR) is 68.5 cm³/mol. The molecule has 0 aliphatic heterocycles. The van der Waals surface area contributed by atoms with Gasteiger partial charge in [0.2, 0.25) is 5.91 Å². The smallest absolute Gasteiger partial charge is 0.220 e. The second-order valence-electron chi connectivity index (χ2n) is 5.97. The van der Waals surface area contributed by atoms with E-state index in [4.69, 9.17) is 5.73 Å². The molecule has 4 nitrogen and oxygen atoms in total. The molecule has 0 aromatic rings. The molecular formula is C13H26N2O2. The topological polar surface area (TPSA) is 75.4 Å². The molecule has 0 aromatic heterocycles. The van der Waals surface area contributed by atoms with Crippen LogP contribution < -0.4 is 11.1 Å². The quantitative estimate of drug-likeness (QED) is 0.677. The van der Waals surface area contributed by atoms with Crippen molar-refractivity contribution in [3.63, 3.8) is 0 Å². The highest BCUT2D eigenvalue weighted by molar-refractivity contribution is 5.75. The lowest BCUT2D eigenvalue weighted by Crippen LogP contribution is -2.36. The molecule has 0 bridgehead atoms. The van der Waals surface area contributed by atoms with Crippen LogP contribution in [0.3, 0.4) is 0 Å². The zero-order valence-corrected chi connectivity index (χ0v) is 11.0. The highest BCUT2D eigenvalue weighted by Gasteiger charge is 2.20. The van der Waals surface area contributed by atoms with Gasteiger partial charge < -0.3 is 16.2 Å². The van der Waals surface area contributed by atoms with Crippen molar-refractivity contribution in [1.29, 1.82) is 0 Å². The van der Waals surface area contributed by atoms with Gasteiger partial charge in [-0.05, 0) is 51.9 Å². The molecule has 0 unspecified atom stereocenters. The molecule has 0 saturated heterocycles. The van der Waals surface area contributed by atoms with Crippen molar-refractivity contribution in [1.82, 2.24) is 5.32 Å². The molecule has 1 rings (SSSR count). The number of hydrogen-bond acceptors (Lipinski definition) is 3. The first kappa shape index (κ1) is 14.5. The Hall–Kier alpha value is -0.610. The van der Waals surface area contributed by atoms with E-state index in [1.807, 2.05) is 13.8 Å². The third kappa shape index (κ3) is 6.64. The minimum atomic E-state index is -0.272. The van der Waals surface area contributed by atoms with E-state index in [0.717, 1.165) is 32.2 Å². The molecule has 17 heavy (non-hydrogen) atoms. The van der Waals surface area contributed by atoms with Crippen molar-refractivity contribution in [2.45, 2.75) is 64.0 Å². The van der Waals surface area contributed by atoms with Crippen molar-refractivity contribution in [3.05, 3.63) is 0 Å². The zero-order chi connectivity index (χ0) is 12.9. The number of nitrogens with two attached hydrogens (primary N) is 1. The minimum absolute atomic E-state index is 0.0923. The van der Waals surface area contributed by atoms with E-state index < -0.39 is 0 Å². The summed E-state index contributed by atoms with van der Waals surface area (Å²) in [6.45, 7) is 4.61. The molecule has 1 saturated carbocycles. The second-order valence-corrected chi connectivity index (χ2v) is 5.97. The Morgan fingerprint density at radius 2 is 1.94 bits per heavy atom. The Morgan fingerprint density at radius 3 is 2.47 bits per heavy atom. The van der Waals surface area contributed by atoms with E-state index >= 15 is 0 Å². The summed E-state index contributed by atoms with van der Waals surface area (Å²) in [6, 6.07) is 0. The van der Waals surface area contributed by atoms with Crippen LogP contribution in [0.5, 0.6) is 0 Å². The summed E-state index contributed by atoms with van der Waals surface area (Å²) in [5, 5.41) is 12.3. The molecule has 1 fully saturated rings. The fourth-order valence-electron chi connectivity index (χ4n) is 2.13. The van der Waals surface area contributed by atoms with E-state index in [-0.39, 0.29) is 17.6 Å². The van der Waals surface area contributed by atoms with Crippen LogP contribution in [-0.4, -0.2) is 29.2 Å². The van der Waals surface area contributed by atoms with Gasteiger partial charge in [-0.3, -0.25) is 4.79 Å². The van der Waals surface area contributed by atoms with Crippen molar-refractivity contribution in [2.24, 2.45) is 11.7 Å². The molecule has 1 amide bonds. The molecule has 0 atom stereocenters. The van der Waals surface area contributed by atoms with Gasteiger partial charge in [-0.1, -0.05) is 0 Å². The van der Waals surface area contributed by atoms with Gasteiger partial charge in [0.1, 0.15) is 0 Å². The van der Waals surface area contributed by atoms with Crippen LogP contribution in [0.1, 0.15) is 52.4 Å². The maximum Gasteiger partial charge on any atom is 0.220 e. The van der Waals surface area contributed by atoms with Crippen LogP contribution in [0, 0.1) is 5.92 Å². The number of amides is 1. The average molecular weight is 242 g/mol. The Bertz CT molecular complexity index is 240. The fourth-order valence-corrected chi connectivity index (χ4v) is 2.13. The van der Waals surface area contributed by atoms with E-state index in [1.54, 1.807) is 0 Å². The predicted octanol–water partition coefficient (Wildman–Crippen LogP) is 1.17. The maximum absolute atomic E-state index is 11.6. The van der Waals surface area contributed by atoms with Crippen molar-refractivity contribution in [2.75, 3.05) is 6.54 Å². The largest absolute Gasteiger partial charge is 0.393 e. The fraction of sp³-hybridized carbons (Fsp3) is 0.923. The molecule has 4 N–H and O–H groups in total. The molecule has 100 valence electrons. The molecule has 4 heteroatoms. The first-order chi connectivity index (χ1) is 7.87. The first-order valence-electron chi connectivity index (χ1n) is 6.60. The number of carbonyl (C=O) groups is 1. The molecular weight excluding hydrogens is 216 g/mol. The van der Waals surface area contributed by atoms with Gasteiger partial charge in [0, 0.05) is 18.5 Å². The monoisotopic (exact) mass is 242 g/mol. The van der Waals surface area contributed by atoms with Gasteiger partial charge in [0.25, 0.3) is 0 Å². The molecule has 0 radical (unpaired) electrons. The Kier molecular flexibility index (Phi) is 5.40. The number of hydrogen-bond donors (Lipinski definition) is 3. The number of carbonyl (C=O) groups excluding carboxylic acids is 1. The van der Waals surface area contributed by atoms with E-state index in [1.165, 1.54) is 0 Å². The highest BCUT2D eigenvalue weighted by Crippen LogP contribution is 2.23. The van der Waals surface area contributed by atoms with Crippen LogP contribution in [0.4, 0.5) is 0 Å². The third-order valence-electron chi connectivity index (χ3n) is 3.40. The number of aliphatic hydroxyl groups is 1. The number of nitrogens with one attached hydrogen (secondary N) is 1. The van der Waals surface area contributed by atoms with E-state index in [2.05, 4.69) is 5.32 Å². The number of rotatable bonds is 5. The van der Waals surface area contributed by atoms with Crippen molar-refractivity contribution < 1.29 is 9.90 Å². The minimum Gasteiger partial charge on any atom is -0.393 e. The van der Waals surface area contributed by atoms with Crippen LogP contribution in [0.2, 0.25) is 0 Å². The Morgan fingerprint density at radius 1 is 1.35 bits per heavy atom. The average Bonchev–Trinajstić information content (AvgIpc) is 2.25. The standard InChI is InChI=1S/C13H26N2O2/c1-13(2,14)8-7-12(17)15-9-10-3-5-11(16)6-4-10/h10-11,16H,3-9,14H2,1-2H3,(H,15,17). The second kappa shape index (κ2) is 6.36. The summed E-state index contributed by atoms with van der Waals surface area (Å²) in [5.74, 6) is 0.628.